The van der Waals surface area contributed by atoms with Crippen LogP contribution in [0.15, 0.2) is 60.7 Å². The maximum atomic E-state index is 13.7. The highest BCUT2D eigenvalue weighted by Crippen LogP contribution is 2.33. The van der Waals surface area contributed by atoms with E-state index in [-0.39, 0.29) is 11.7 Å². The van der Waals surface area contributed by atoms with Gasteiger partial charge in [-0.2, -0.15) is 0 Å². The van der Waals surface area contributed by atoms with Gasteiger partial charge in [0.05, 0.1) is 26.6 Å². The molecule has 0 radical (unpaired) electrons. The number of aromatic amines is 1. The van der Waals surface area contributed by atoms with Crippen molar-refractivity contribution in [3.63, 3.8) is 0 Å². The van der Waals surface area contributed by atoms with Crippen molar-refractivity contribution in [1.82, 2.24) is 15.3 Å². The van der Waals surface area contributed by atoms with Crippen molar-refractivity contribution in [2.45, 2.75) is 6.42 Å². The number of H-pyrrole nitrogens is 1. The van der Waals surface area contributed by atoms with E-state index in [0.717, 1.165) is 0 Å². The molecular weight excluding hydrogens is 412 g/mol. The molecule has 1 heterocycles. The van der Waals surface area contributed by atoms with Crippen LogP contribution in [0.4, 0.5) is 4.39 Å². The fraction of sp³-hybridized carbons (Fsp3) is 0.0909. The standard InChI is InChI=1S/C22H16Cl2FN3O/c23-15-5-3-6-16(24)20(15)21-27-18-9-8-14(12-19(18)28-21)22(29)26-11-10-13-4-1-2-7-17(13)25/h1-9,12H,10-11H2,(H,26,29)(H,27,28). The van der Waals surface area contributed by atoms with Crippen molar-refractivity contribution in [3.05, 3.63) is 87.7 Å². The molecule has 7 heteroatoms. The summed E-state index contributed by atoms with van der Waals surface area (Å²) in [5.74, 6) is 0.0225. The first kappa shape index (κ1) is 19.4. The van der Waals surface area contributed by atoms with Crippen molar-refractivity contribution in [2.24, 2.45) is 0 Å². The van der Waals surface area contributed by atoms with E-state index >= 15 is 0 Å². The van der Waals surface area contributed by atoms with Crippen LogP contribution in [0.3, 0.4) is 0 Å². The highest BCUT2D eigenvalue weighted by Gasteiger charge is 2.14. The quantitative estimate of drug-likeness (QED) is 0.432. The molecule has 1 aromatic heterocycles. The second-order valence-corrected chi connectivity index (χ2v) is 7.33. The molecule has 0 saturated carbocycles. The van der Waals surface area contributed by atoms with Gasteiger partial charge in [-0.05, 0) is 48.4 Å². The van der Waals surface area contributed by atoms with Crippen molar-refractivity contribution < 1.29 is 9.18 Å². The molecule has 2 N–H and O–H groups in total. The van der Waals surface area contributed by atoms with Crippen LogP contribution < -0.4 is 5.32 Å². The molecule has 0 aliphatic carbocycles. The SMILES string of the molecule is O=C(NCCc1ccccc1F)c1ccc2nc(-c3c(Cl)cccc3Cl)[nH]c2c1. The van der Waals surface area contributed by atoms with Gasteiger partial charge in [0.25, 0.3) is 5.91 Å². The minimum atomic E-state index is -0.272. The summed E-state index contributed by atoms with van der Waals surface area (Å²) in [6.45, 7) is 0.335. The first-order valence-electron chi connectivity index (χ1n) is 8.98. The predicted octanol–water partition coefficient (Wildman–Crippen LogP) is 5.65. The molecular formula is C22H16Cl2FN3O. The Kier molecular flexibility index (Phi) is 5.51. The Morgan fingerprint density at radius 3 is 2.55 bits per heavy atom. The molecule has 4 aromatic rings. The lowest BCUT2D eigenvalue weighted by Gasteiger charge is -2.06. The van der Waals surface area contributed by atoms with Gasteiger partial charge in [0.15, 0.2) is 0 Å². The molecule has 0 saturated heterocycles. The average molecular weight is 428 g/mol. The third-order valence-corrected chi connectivity index (χ3v) is 5.21. The molecule has 146 valence electrons. The zero-order chi connectivity index (χ0) is 20.4. The number of hydrogen-bond acceptors (Lipinski definition) is 2. The number of carbonyl (C=O) groups excluding carboxylic acids is 1. The van der Waals surface area contributed by atoms with Gasteiger partial charge in [-0.25, -0.2) is 9.37 Å². The number of nitrogens with zero attached hydrogens (tertiary/aromatic N) is 1. The average Bonchev–Trinajstić information content (AvgIpc) is 3.12. The predicted molar refractivity (Wildman–Crippen MR) is 114 cm³/mol. The van der Waals surface area contributed by atoms with Crippen LogP contribution in [-0.4, -0.2) is 22.4 Å². The number of benzene rings is 3. The first-order valence-corrected chi connectivity index (χ1v) is 9.74. The number of carbonyl (C=O) groups is 1. The summed E-state index contributed by atoms with van der Waals surface area (Å²) in [5, 5.41) is 3.79. The largest absolute Gasteiger partial charge is 0.352 e. The molecule has 0 atom stereocenters. The highest BCUT2D eigenvalue weighted by molar-refractivity contribution is 6.39. The van der Waals surface area contributed by atoms with Gasteiger partial charge in [-0.15, -0.1) is 0 Å². The molecule has 0 unspecified atom stereocenters. The van der Waals surface area contributed by atoms with Gasteiger partial charge in [-0.1, -0.05) is 47.5 Å². The molecule has 0 aliphatic heterocycles. The maximum Gasteiger partial charge on any atom is 0.251 e. The lowest BCUT2D eigenvalue weighted by molar-refractivity contribution is 0.0954. The van der Waals surface area contributed by atoms with Gasteiger partial charge in [0.2, 0.25) is 0 Å². The Morgan fingerprint density at radius 2 is 1.79 bits per heavy atom. The monoisotopic (exact) mass is 427 g/mol. The molecule has 4 rings (SSSR count). The zero-order valence-corrected chi connectivity index (χ0v) is 16.7. The number of halogens is 3. The van der Waals surface area contributed by atoms with Crippen LogP contribution in [-0.2, 0) is 6.42 Å². The number of amides is 1. The molecule has 0 fully saturated rings. The molecule has 4 nitrogen and oxygen atoms in total. The lowest BCUT2D eigenvalue weighted by Crippen LogP contribution is -2.25. The summed E-state index contributed by atoms with van der Waals surface area (Å²) in [5.41, 5.74) is 3.05. The summed E-state index contributed by atoms with van der Waals surface area (Å²) in [7, 11) is 0. The number of aromatic nitrogens is 2. The van der Waals surface area contributed by atoms with Crippen molar-refractivity contribution >= 4 is 40.1 Å². The van der Waals surface area contributed by atoms with Crippen LogP contribution in [0.5, 0.6) is 0 Å². The number of nitrogens with one attached hydrogen (secondary N) is 2. The number of rotatable bonds is 5. The van der Waals surface area contributed by atoms with Crippen LogP contribution in [0.25, 0.3) is 22.4 Å². The second-order valence-electron chi connectivity index (χ2n) is 6.51. The molecule has 3 aromatic carbocycles. The molecule has 0 aliphatic rings. The Bertz CT molecular complexity index is 1190. The Labute approximate surface area is 176 Å². The summed E-state index contributed by atoms with van der Waals surface area (Å²) in [6, 6.07) is 16.9. The minimum absolute atomic E-state index is 0.241. The topological polar surface area (TPSA) is 57.8 Å². The summed E-state index contributed by atoms with van der Waals surface area (Å²) in [6.07, 6.45) is 0.417. The van der Waals surface area contributed by atoms with Crippen LogP contribution in [0.1, 0.15) is 15.9 Å². The molecule has 29 heavy (non-hydrogen) atoms. The van der Waals surface area contributed by atoms with E-state index < -0.39 is 0 Å². The summed E-state index contributed by atoms with van der Waals surface area (Å²) >= 11 is 12.5. The fourth-order valence-corrected chi connectivity index (χ4v) is 3.68. The van der Waals surface area contributed by atoms with Gasteiger partial charge in [0, 0.05) is 12.1 Å². The normalized spacial score (nSPS) is 11.0. The highest BCUT2D eigenvalue weighted by atomic mass is 35.5. The van der Waals surface area contributed by atoms with Gasteiger partial charge in [0.1, 0.15) is 11.6 Å². The van der Waals surface area contributed by atoms with E-state index in [1.807, 2.05) is 0 Å². The smallest absolute Gasteiger partial charge is 0.251 e. The summed E-state index contributed by atoms with van der Waals surface area (Å²) in [4.78, 5) is 20.2. The van der Waals surface area contributed by atoms with Crippen LogP contribution >= 0.6 is 23.2 Å². The van der Waals surface area contributed by atoms with Crippen LogP contribution in [0, 0.1) is 5.82 Å². The van der Waals surface area contributed by atoms with E-state index in [9.17, 15) is 9.18 Å². The number of hydrogen-bond donors (Lipinski definition) is 2. The van der Waals surface area contributed by atoms with Gasteiger partial charge < -0.3 is 10.3 Å². The van der Waals surface area contributed by atoms with Gasteiger partial charge in [-0.3, -0.25) is 4.79 Å². The van der Waals surface area contributed by atoms with E-state index in [0.29, 0.717) is 56.6 Å². The fourth-order valence-electron chi connectivity index (χ4n) is 3.11. The van der Waals surface area contributed by atoms with Crippen molar-refractivity contribution in [3.8, 4) is 11.4 Å². The second kappa shape index (κ2) is 8.23. The van der Waals surface area contributed by atoms with Gasteiger partial charge >= 0.3 is 0 Å². The Hall–Kier alpha value is -2.89. The lowest BCUT2D eigenvalue weighted by atomic mass is 10.1. The number of imidazole rings is 1. The number of fused-ring (bicyclic) bond motifs is 1. The van der Waals surface area contributed by atoms with E-state index in [1.165, 1.54) is 6.07 Å². The van der Waals surface area contributed by atoms with Crippen molar-refractivity contribution in [1.29, 1.82) is 0 Å². The molecule has 1 amide bonds. The summed E-state index contributed by atoms with van der Waals surface area (Å²) < 4.78 is 13.7. The Balaban J connectivity index is 1.51. The maximum absolute atomic E-state index is 13.7. The third-order valence-electron chi connectivity index (χ3n) is 4.58. The van der Waals surface area contributed by atoms with E-state index in [2.05, 4.69) is 15.3 Å². The zero-order valence-electron chi connectivity index (χ0n) is 15.2. The van der Waals surface area contributed by atoms with Crippen LogP contribution in [0.2, 0.25) is 10.0 Å². The molecule has 0 spiro atoms. The van der Waals surface area contributed by atoms with E-state index in [1.54, 1.807) is 54.6 Å². The minimum Gasteiger partial charge on any atom is -0.352 e. The first-order chi connectivity index (χ1) is 14.0. The van der Waals surface area contributed by atoms with Crippen molar-refractivity contribution in [2.75, 3.05) is 6.54 Å². The van der Waals surface area contributed by atoms with E-state index in [4.69, 9.17) is 23.2 Å². The molecule has 0 bridgehead atoms. The Morgan fingerprint density at radius 1 is 1.03 bits per heavy atom. The third kappa shape index (κ3) is 4.11.